The molecule has 6 heteroatoms. The van der Waals surface area contributed by atoms with E-state index in [9.17, 15) is 9.59 Å². The van der Waals surface area contributed by atoms with Gasteiger partial charge in [0.25, 0.3) is 0 Å². The van der Waals surface area contributed by atoms with Gasteiger partial charge in [0.15, 0.2) is 0 Å². The second-order valence-corrected chi connectivity index (χ2v) is 6.75. The molecule has 2 amide bonds. The first-order chi connectivity index (χ1) is 14.6. The number of amides is 2. The van der Waals surface area contributed by atoms with E-state index in [4.69, 9.17) is 16.3 Å². The molecule has 0 radical (unpaired) electrons. The SMILES string of the molecule is C#Cc1ccccc1CN(C(=O)CCC(=O)NCCOCCO)c1ccccc1C. The summed E-state index contributed by atoms with van der Waals surface area (Å²) in [6.07, 6.45) is 5.78. The zero-order chi connectivity index (χ0) is 21.8. The van der Waals surface area contributed by atoms with Gasteiger partial charge in [0.1, 0.15) is 0 Å². The largest absolute Gasteiger partial charge is 0.394 e. The number of para-hydroxylation sites is 1. The van der Waals surface area contributed by atoms with Gasteiger partial charge in [-0.15, -0.1) is 6.42 Å². The number of aryl methyl sites for hydroxylation is 1. The van der Waals surface area contributed by atoms with Crippen molar-refractivity contribution in [2.45, 2.75) is 26.3 Å². The lowest BCUT2D eigenvalue weighted by Gasteiger charge is -2.25. The van der Waals surface area contributed by atoms with Crippen LogP contribution in [0.25, 0.3) is 0 Å². The van der Waals surface area contributed by atoms with Crippen molar-refractivity contribution >= 4 is 17.5 Å². The first kappa shape index (κ1) is 23.1. The summed E-state index contributed by atoms with van der Waals surface area (Å²) in [6.45, 7) is 3.11. The Labute approximate surface area is 177 Å². The minimum Gasteiger partial charge on any atom is -0.394 e. The number of aliphatic hydroxyl groups excluding tert-OH is 1. The predicted octanol–water partition coefficient (Wildman–Crippen LogP) is 2.41. The summed E-state index contributed by atoms with van der Waals surface area (Å²) in [5.74, 6) is 2.30. The van der Waals surface area contributed by atoms with E-state index in [0.717, 1.165) is 22.4 Å². The molecule has 0 fully saturated rings. The van der Waals surface area contributed by atoms with Gasteiger partial charge in [-0.25, -0.2) is 0 Å². The van der Waals surface area contributed by atoms with Gasteiger partial charge in [-0.3, -0.25) is 9.59 Å². The van der Waals surface area contributed by atoms with E-state index in [1.165, 1.54) is 0 Å². The van der Waals surface area contributed by atoms with E-state index in [1.54, 1.807) is 4.90 Å². The average Bonchev–Trinajstić information content (AvgIpc) is 2.76. The molecule has 0 heterocycles. The number of aliphatic hydroxyl groups is 1. The fourth-order valence-electron chi connectivity index (χ4n) is 3.02. The number of terminal acetylenes is 1. The summed E-state index contributed by atoms with van der Waals surface area (Å²) in [6, 6.07) is 15.2. The highest BCUT2D eigenvalue weighted by molar-refractivity contribution is 5.96. The van der Waals surface area contributed by atoms with E-state index in [2.05, 4.69) is 11.2 Å². The van der Waals surface area contributed by atoms with Crippen LogP contribution in [0.3, 0.4) is 0 Å². The quantitative estimate of drug-likeness (QED) is 0.442. The fourth-order valence-corrected chi connectivity index (χ4v) is 3.02. The lowest BCUT2D eigenvalue weighted by atomic mass is 10.1. The van der Waals surface area contributed by atoms with Crippen molar-refractivity contribution in [1.29, 1.82) is 0 Å². The third kappa shape index (κ3) is 7.03. The monoisotopic (exact) mass is 408 g/mol. The van der Waals surface area contributed by atoms with Gasteiger partial charge in [0, 0.05) is 30.6 Å². The molecule has 0 unspecified atom stereocenters. The molecule has 0 spiro atoms. The number of nitrogens with one attached hydrogen (secondary N) is 1. The van der Waals surface area contributed by atoms with Gasteiger partial charge in [0.05, 0.1) is 26.4 Å². The molecule has 0 saturated heterocycles. The number of anilines is 1. The number of nitrogens with zero attached hydrogens (tertiary/aromatic N) is 1. The molecule has 0 aliphatic rings. The molecule has 2 aromatic rings. The Hall–Kier alpha value is -3.14. The fraction of sp³-hybridized carbons (Fsp3) is 0.333. The summed E-state index contributed by atoms with van der Waals surface area (Å²) >= 11 is 0. The summed E-state index contributed by atoms with van der Waals surface area (Å²) in [5.41, 5.74) is 3.38. The molecular weight excluding hydrogens is 380 g/mol. The van der Waals surface area contributed by atoms with Crippen LogP contribution in [0.1, 0.15) is 29.5 Å². The van der Waals surface area contributed by atoms with Crippen LogP contribution in [0.2, 0.25) is 0 Å². The normalized spacial score (nSPS) is 10.3. The molecule has 0 aliphatic heterocycles. The van der Waals surface area contributed by atoms with Crippen molar-refractivity contribution < 1.29 is 19.4 Å². The molecule has 0 aliphatic carbocycles. The number of hydrogen-bond donors (Lipinski definition) is 2. The van der Waals surface area contributed by atoms with Crippen molar-refractivity contribution in [1.82, 2.24) is 5.32 Å². The number of ether oxygens (including phenoxy) is 1. The molecule has 30 heavy (non-hydrogen) atoms. The van der Waals surface area contributed by atoms with Crippen LogP contribution in [0.15, 0.2) is 48.5 Å². The van der Waals surface area contributed by atoms with Crippen molar-refractivity contribution in [3.63, 3.8) is 0 Å². The van der Waals surface area contributed by atoms with Gasteiger partial charge >= 0.3 is 0 Å². The summed E-state index contributed by atoms with van der Waals surface area (Å²) in [4.78, 5) is 26.8. The summed E-state index contributed by atoms with van der Waals surface area (Å²) in [5, 5.41) is 11.4. The number of hydrogen-bond acceptors (Lipinski definition) is 4. The Balaban J connectivity index is 2.06. The Morgan fingerprint density at radius 3 is 2.57 bits per heavy atom. The minimum absolute atomic E-state index is 0.0556. The topological polar surface area (TPSA) is 78.9 Å². The number of benzene rings is 2. The lowest BCUT2D eigenvalue weighted by Crippen LogP contribution is -2.33. The van der Waals surface area contributed by atoms with Crippen LogP contribution >= 0.6 is 0 Å². The van der Waals surface area contributed by atoms with Crippen LogP contribution in [0, 0.1) is 19.3 Å². The van der Waals surface area contributed by atoms with Crippen LogP contribution < -0.4 is 10.2 Å². The molecule has 2 rings (SSSR count). The lowest BCUT2D eigenvalue weighted by molar-refractivity contribution is -0.125. The second-order valence-electron chi connectivity index (χ2n) is 6.75. The van der Waals surface area contributed by atoms with Crippen LogP contribution in [-0.2, 0) is 20.9 Å². The molecule has 6 nitrogen and oxygen atoms in total. The van der Waals surface area contributed by atoms with E-state index in [0.29, 0.717) is 19.7 Å². The smallest absolute Gasteiger partial charge is 0.227 e. The minimum atomic E-state index is -0.218. The van der Waals surface area contributed by atoms with Gasteiger partial charge in [-0.05, 0) is 30.2 Å². The van der Waals surface area contributed by atoms with Crippen LogP contribution in [-0.4, -0.2) is 43.3 Å². The molecule has 0 atom stereocenters. The average molecular weight is 408 g/mol. The molecule has 2 aromatic carbocycles. The summed E-state index contributed by atoms with van der Waals surface area (Å²) in [7, 11) is 0. The Morgan fingerprint density at radius 2 is 1.83 bits per heavy atom. The van der Waals surface area contributed by atoms with Crippen LogP contribution in [0.5, 0.6) is 0 Å². The molecule has 0 bridgehead atoms. The van der Waals surface area contributed by atoms with Gasteiger partial charge in [-0.2, -0.15) is 0 Å². The maximum absolute atomic E-state index is 13.1. The van der Waals surface area contributed by atoms with Crippen molar-refractivity contribution in [2.24, 2.45) is 0 Å². The summed E-state index contributed by atoms with van der Waals surface area (Å²) < 4.78 is 5.10. The van der Waals surface area contributed by atoms with Gasteiger partial charge in [-0.1, -0.05) is 42.3 Å². The highest BCUT2D eigenvalue weighted by Crippen LogP contribution is 2.24. The van der Waals surface area contributed by atoms with Gasteiger partial charge < -0.3 is 20.1 Å². The maximum atomic E-state index is 13.1. The standard InChI is InChI=1S/C24H28N2O4/c1-3-20-9-5-6-10-21(20)18-26(22-11-7-4-8-19(22)2)24(29)13-12-23(28)25-14-16-30-17-15-27/h1,4-11,27H,12-18H2,2H3,(H,25,28). The number of rotatable bonds is 11. The molecule has 0 aromatic heterocycles. The zero-order valence-electron chi connectivity index (χ0n) is 17.3. The molecule has 0 saturated carbocycles. The Morgan fingerprint density at radius 1 is 1.10 bits per heavy atom. The first-order valence-corrected chi connectivity index (χ1v) is 9.92. The molecule has 2 N–H and O–H groups in total. The Bertz CT molecular complexity index is 889. The van der Waals surface area contributed by atoms with Gasteiger partial charge in [0.2, 0.25) is 11.8 Å². The highest BCUT2D eigenvalue weighted by Gasteiger charge is 2.19. The van der Waals surface area contributed by atoms with E-state index >= 15 is 0 Å². The van der Waals surface area contributed by atoms with E-state index < -0.39 is 0 Å². The number of carbonyl (C=O) groups excluding carboxylic acids is 2. The Kier molecular flexibility index (Phi) is 9.59. The molecular formula is C24H28N2O4. The number of carbonyl (C=O) groups is 2. The zero-order valence-corrected chi connectivity index (χ0v) is 17.3. The van der Waals surface area contributed by atoms with Crippen molar-refractivity contribution in [3.8, 4) is 12.3 Å². The maximum Gasteiger partial charge on any atom is 0.227 e. The van der Waals surface area contributed by atoms with Crippen molar-refractivity contribution in [2.75, 3.05) is 31.3 Å². The second kappa shape index (κ2) is 12.4. The first-order valence-electron chi connectivity index (χ1n) is 9.92. The highest BCUT2D eigenvalue weighted by atomic mass is 16.5. The van der Waals surface area contributed by atoms with Crippen LogP contribution in [0.4, 0.5) is 5.69 Å². The predicted molar refractivity (Wildman–Crippen MR) is 117 cm³/mol. The molecule has 158 valence electrons. The van der Waals surface area contributed by atoms with E-state index in [1.807, 2.05) is 55.5 Å². The van der Waals surface area contributed by atoms with E-state index in [-0.39, 0.29) is 37.9 Å². The third-order valence-electron chi connectivity index (χ3n) is 4.58. The van der Waals surface area contributed by atoms with Crippen molar-refractivity contribution in [3.05, 3.63) is 65.2 Å². The third-order valence-corrected chi connectivity index (χ3v) is 4.58.